The van der Waals surface area contributed by atoms with Crippen LogP contribution in [0.15, 0.2) is 84.0 Å². The van der Waals surface area contributed by atoms with Gasteiger partial charge < -0.3 is 4.57 Å². The van der Waals surface area contributed by atoms with Crippen LogP contribution in [0.5, 0.6) is 0 Å². The predicted molar refractivity (Wildman–Crippen MR) is 113 cm³/mol. The van der Waals surface area contributed by atoms with Gasteiger partial charge in [-0.2, -0.15) is 0 Å². The molecule has 4 rings (SSSR count). The lowest BCUT2D eigenvalue weighted by molar-refractivity contribution is 0.102. The molecule has 144 valence electrons. The van der Waals surface area contributed by atoms with Crippen molar-refractivity contribution < 1.29 is 9.18 Å². The van der Waals surface area contributed by atoms with Crippen molar-refractivity contribution in [3.63, 3.8) is 0 Å². The van der Waals surface area contributed by atoms with Gasteiger partial charge in [-0.1, -0.05) is 78.5 Å². The number of ketones is 1. The van der Waals surface area contributed by atoms with Crippen LogP contribution in [0.1, 0.15) is 10.4 Å². The van der Waals surface area contributed by atoms with Crippen LogP contribution in [0.4, 0.5) is 4.39 Å². The molecule has 0 radical (unpaired) electrons. The highest BCUT2D eigenvalue weighted by molar-refractivity contribution is 7.99. The summed E-state index contributed by atoms with van der Waals surface area (Å²) in [7, 11) is 1.77. The summed E-state index contributed by atoms with van der Waals surface area (Å²) in [4.78, 5) is 12.6. The fourth-order valence-corrected chi connectivity index (χ4v) is 3.82. The van der Waals surface area contributed by atoms with Crippen molar-refractivity contribution in [1.29, 1.82) is 0 Å². The van der Waals surface area contributed by atoms with Crippen LogP contribution >= 0.6 is 11.8 Å². The number of nitrogens with zero attached hydrogens (tertiary/aromatic N) is 3. The van der Waals surface area contributed by atoms with Crippen LogP contribution in [0.3, 0.4) is 0 Å². The topological polar surface area (TPSA) is 47.8 Å². The van der Waals surface area contributed by atoms with Crippen molar-refractivity contribution >= 4 is 17.5 Å². The number of rotatable bonds is 6. The summed E-state index contributed by atoms with van der Waals surface area (Å²) in [6.45, 7) is 0. The first-order valence-corrected chi connectivity index (χ1v) is 10.1. The van der Waals surface area contributed by atoms with Crippen LogP contribution in [0.25, 0.3) is 22.5 Å². The molecule has 0 N–H and O–H groups in total. The molecule has 0 fully saturated rings. The molecule has 0 aliphatic carbocycles. The average Bonchev–Trinajstić information content (AvgIpc) is 3.13. The maximum Gasteiger partial charge on any atom is 0.191 e. The summed E-state index contributed by atoms with van der Waals surface area (Å²) in [5.74, 6) is 0.318. The molecule has 0 saturated heterocycles. The van der Waals surface area contributed by atoms with Crippen molar-refractivity contribution in [2.75, 3.05) is 5.75 Å². The first-order valence-electron chi connectivity index (χ1n) is 9.09. The van der Waals surface area contributed by atoms with Crippen molar-refractivity contribution in [2.24, 2.45) is 7.05 Å². The van der Waals surface area contributed by atoms with E-state index in [2.05, 4.69) is 10.2 Å². The Labute approximate surface area is 172 Å². The number of halogens is 1. The molecular weight excluding hydrogens is 385 g/mol. The Morgan fingerprint density at radius 3 is 2.28 bits per heavy atom. The molecule has 4 aromatic rings. The monoisotopic (exact) mass is 403 g/mol. The lowest BCUT2D eigenvalue weighted by Crippen LogP contribution is -2.04. The van der Waals surface area contributed by atoms with E-state index < -0.39 is 0 Å². The maximum atomic E-state index is 14.0. The molecule has 29 heavy (non-hydrogen) atoms. The standard InChI is InChI=1S/C23H18FN3OS/c1-27-22(19-9-5-6-10-20(19)24)25-26-23(27)29-15-21(28)18-13-11-17(12-14-18)16-7-3-2-4-8-16/h2-14H,15H2,1H3. The highest BCUT2D eigenvalue weighted by Gasteiger charge is 2.16. The first kappa shape index (κ1) is 19.1. The van der Waals surface area contributed by atoms with Gasteiger partial charge in [-0.05, 0) is 23.3 Å². The fourth-order valence-electron chi connectivity index (χ4n) is 3.01. The molecule has 0 aliphatic rings. The van der Waals surface area contributed by atoms with Gasteiger partial charge in [0, 0.05) is 12.6 Å². The number of aromatic nitrogens is 3. The Balaban J connectivity index is 1.45. The lowest BCUT2D eigenvalue weighted by atomic mass is 10.0. The zero-order valence-corrected chi connectivity index (χ0v) is 16.6. The van der Waals surface area contributed by atoms with Gasteiger partial charge in [0.2, 0.25) is 0 Å². The maximum absolute atomic E-state index is 14.0. The third-order valence-corrected chi connectivity index (χ3v) is 5.62. The van der Waals surface area contributed by atoms with E-state index in [-0.39, 0.29) is 17.4 Å². The summed E-state index contributed by atoms with van der Waals surface area (Å²) in [5, 5.41) is 8.76. The van der Waals surface area contributed by atoms with E-state index in [0.29, 0.717) is 22.1 Å². The molecule has 1 aromatic heterocycles. The SMILES string of the molecule is Cn1c(SCC(=O)c2ccc(-c3ccccc3)cc2)nnc1-c1ccccc1F. The fraction of sp³-hybridized carbons (Fsp3) is 0.0870. The molecule has 0 atom stereocenters. The largest absolute Gasteiger partial charge is 0.305 e. The molecule has 4 nitrogen and oxygen atoms in total. The number of hydrogen-bond acceptors (Lipinski definition) is 4. The van der Waals surface area contributed by atoms with Gasteiger partial charge >= 0.3 is 0 Å². The Hall–Kier alpha value is -3.25. The van der Waals surface area contributed by atoms with Crippen LogP contribution in [-0.2, 0) is 7.05 Å². The minimum absolute atomic E-state index is 0.00468. The lowest BCUT2D eigenvalue weighted by Gasteiger charge is -2.06. The van der Waals surface area contributed by atoms with Gasteiger partial charge in [0.25, 0.3) is 0 Å². The number of carbonyl (C=O) groups excluding carboxylic acids is 1. The van der Waals surface area contributed by atoms with Gasteiger partial charge in [-0.3, -0.25) is 4.79 Å². The van der Waals surface area contributed by atoms with Gasteiger partial charge in [0.1, 0.15) is 5.82 Å². The number of hydrogen-bond donors (Lipinski definition) is 0. The van der Waals surface area contributed by atoms with Crippen LogP contribution in [0.2, 0.25) is 0 Å². The molecule has 6 heteroatoms. The second-order valence-corrected chi connectivity index (χ2v) is 7.44. The number of thioether (sulfide) groups is 1. The van der Waals surface area contributed by atoms with E-state index in [0.717, 1.165) is 11.1 Å². The van der Waals surface area contributed by atoms with Crippen molar-refractivity contribution in [3.8, 4) is 22.5 Å². The van der Waals surface area contributed by atoms with E-state index in [1.54, 1.807) is 29.8 Å². The second kappa shape index (κ2) is 8.41. The molecule has 0 saturated carbocycles. The van der Waals surface area contributed by atoms with E-state index in [4.69, 9.17) is 0 Å². The quantitative estimate of drug-likeness (QED) is 0.325. The summed E-state index contributed by atoms with van der Waals surface area (Å²) < 4.78 is 15.7. The van der Waals surface area contributed by atoms with Crippen molar-refractivity contribution in [3.05, 3.63) is 90.2 Å². The Bertz CT molecular complexity index is 1140. The third-order valence-electron chi connectivity index (χ3n) is 4.60. The van der Waals surface area contributed by atoms with E-state index in [9.17, 15) is 9.18 Å². The van der Waals surface area contributed by atoms with Crippen molar-refractivity contribution in [1.82, 2.24) is 14.8 Å². The second-order valence-electron chi connectivity index (χ2n) is 6.50. The van der Waals surface area contributed by atoms with Crippen LogP contribution in [0, 0.1) is 5.82 Å². The summed E-state index contributed by atoms with van der Waals surface area (Å²) >= 11 is 1.29. The molecule has 0 amide bonds. The van der Waals surface area contributed by atoms with Crippen LogP contribution in [-0.4, -0.2) is 26.3 Å². The third kappa shape index (κ3) is 4.12. The molecule has 0 bridgehead atoms. The molecule has 0 unspecified atom stereocenters. The number of carbonyl (C=O) groups is 1. The molecule has 0 aliphatic heterocycles. The minimum atomic E-state index is -0.353. The van der Waals surface area contributed by atoms with Gasteiger partial charge in [0.15, 0.2) is 16.8 Å². The van der Waals surface area contributed by atoms with Gasteiger partial charge in [-0.15, -0.1) is 10.2 Å². The first-order chi connectivity index (χ1) is 14.1. The van der Waals surface area contributed by atoms with Crippen molar-refractivity contribution in [2.45, 2.75) is 5.16 Å². The Morgan fingerprint density at radius 2 is 1.55 bits per heavy atom. The Kier molecular flexibility index (Phi) is 5.53. The Morgan fingerprint density at radius 1 is 0.897 bits per heavy atom. The molecule has 3 aromatic carbocycles. The zero-order chi connectivity index (χ0) is 20.2. The van der Waals surface area contributed by atoms with Gasteiger partial charge in [0.05, 0.1) is 11.3 Å². The zero-order valence-electron chi connectivity index (χ0n) is 15.7. The van der Waals surface area contributed by atoms with E-state index in [1.807, 2.05) is 54.6 Å². The molecular formula is C23H18FN3OS. The van der Waals surface area contributed by atoms with E-state index >= 15 is 0 Å². The normalized spacial score (nSPS) is 10.8. The minimum Gasteiger partial charge on any atom is -0.305 e. The highest BCUT2D eigenvalue weighted by Crippen LogP contribution is 2.25. The molecule has 1 heterocycles. The smallest absolute Gasteiger partial charge is 0.191 e. The molecule has 0 spiro atoms. The summed E-state index contributed by atoms with van der Waals surface area (Å²) in [6.07, 6.45) is 0. The summed E-state index contributed by atoms with van der Waals surface area (Å²) in [6, 6.07) is 24.0. The number of Topliss-reactive ketones (excluding diaryl/α,β-unsaturated/α-hetero) is 1. The summed E-state index contributed by atoms with van der Waals surface area (Å²) in [5.41, 5.74) is 3.21. The highest BCUT2D eigenvalue weighted by atomic mass is 32.2. The van der Waals surface area contributed by atoms with E-state index in [1.165, 1.54) is 17.8 Å². The van der Waals surface area contributed by atoms with Crippen LogP contribution < -0.4 is 0 Å². The number of benzene rings is 3. The predicted octanol–water partition coefficient (Wildman–Crippen LogP) is 5.26. The van der Waals surface area contributed by atoms with Gasteiger partial charge in [-0.25, -0.2) is 4.39 Å². The average molecular weight is 403 g/mol.